The molecule has 0 bridgehead atoms. The monoisotopic (exact) mass is 464 g/mol. The molecule has 2 aromatic heterocycles. The highest BCUT2D eigenvalue weighted by atomic mass is 19.4. The van der Waals surface area contributed by atoms with Crippen LogP contribution in [0, 0.1) is 17.5 Å². The summed E-state index contributed by atoms with van der Waals surface area (Å²) in [5, 5.41) is 0.657. The Hall–Kier alpha value is -3.14. The zero-order chi connectivity index (χ0) is 23.3. The van der Waals surface area contributed by atoms with Gasteiger partial charge in [0.1, 0.15) is 11.6 Å². The molecule has 0 amide bonds. The number of nitrogens with one attached hydrogen (secondary N) is 1. The van der Waals surface area contributed by atoms with Crippen LogP contribution in [0.1, 0.15) is 36.2 Å². The number of piperidine rings is 1. The number of benzene rings is 2. The number of rotatable bonds is 3. The van der Waals surface area contributed by atoms with Crippen LogP contribution in [0.25, 0.3) is 21.9 Å². The molecule has 2 aromatic carbocycles. The first kappa shape index (κ1) is 21.7. The first-order valence-electron chi connectivity index (χ1n) is 10.4. The van der Waals surface area contributed by atoms with Gasteiger partial charge in [0, 0.05) is 23.7 Å². The van der Waals surface area contributed by atoms with Crippen molar-refractivity contribution in [2.24, 2.45) is 0 Å². The predicted octanol–water partition coefficient (Wildman–Crippen LogP) is 6.01. The molecule has 4 aromatic rings. The Morgan fingerprint density at radius 2 is 1.67 bits per heavy atom. The van der Waals surface area contributed by atoms with Gasteiger partial charge in [-0.25, -0.2) is 18.2 Å². The minimum Gasteiger partial charge on any atom is -0.340 e. The number of aromatic amines is 1. The zero-order valence-corrected chi connectivity index (χ0v) is 17.1. The molecule has 0 spiro atoms. The molecule has 0 saturated carbocycles. The second-order valence-electron chi connectivity index (χ2n) is 8.22. The molecule has 4 nitrogen and oxygen atoms in total. The van der Waals surface area contributed by atoms with E-state index >= 15 is 0 Å². The molecular weight excluding hydrogens is 446 g/mol. The Labute approximate surface area is 184 Å². The second-order valence-corrected chi connectivity index (χ2v) is 8.22. The molecule has 10 heteroatoms. The summed E-state index contributed by atoms with van der Waals surface area (Å²) in [6.45, 7) is 0.238. The lowest BCUT2D eigenvalue weighted by molar-refractivity contribution is -0.191. The van der Waals surface area contributed by atoms with E-state index in [0.29, 0.717) is 23.7 Å². The van der Waals surface area contributed by atoms with Crippen LogP contribution >= 0.6 is 0 Å². The number of halogens is 6. The summed E-state index contributed by atoms with van der Waals surface area (Å²) in [5.74, 6) is -3.20. The van der Waals surface area contributed by atoms with Crippen LogP contribution in [0.15, 0.2) is 42.6 Å². The average Bonchev–Trinajstić information content (AvgIpc) is 3.15. The van der Waals surface area contributed by atoms with Gasteiger partial charge in [0.25, 0.3) is 0 Å². The molecule has 1 atom stereocenters. The van der Waals surface area contributed by atoms with Crippen molar-refractivity contribution < 1.29 is 26.3 Å². The number of alkyl halides is 3. The van der Waals surface area contributed by atoms with E-state index in [0.717, 1.165) is 17.7 Å². The SMILES string of the molecule is Fc1ccc2nccc(C3CCN(C(c4nc5cc(F)c(F)cc5[nH]4)C(F)(F)F)CC3)c2c1. The van der Waals surface area contributed by atoms with E-state index in [4.69, 9.17) is 0 Å². The van der Waals surface area contributed by atoms with Gasteiger partial charge < -0.3 is 4.98 Å². The first-order chi connectivity index (χ1) is 15.7. The summed E-state index contributed by atoms with van der Waals surface area (Å²) in [5.41, 5.74) is 1.42. The maximum Gasteiger partial charge on any atom is 0.411 e. The molecule has 0 aliphatic carbocycles. The molecule has 33 heavy (non-hydrogen) atoms. The van der Waals surface area contributed by atoms with Gasteiger partial charge in [0.2, 0.25) is 0 Å². The summed E-state index contributed by atoms with van der Waals surface area (Å²) in [7, 11) is 0. The Morgan fingerprint density at radius 3 is 2.39 bits per heavy atom. The van der Waals surface area contributed by atoms with E-state index < -0.39 is 35.5 Å². The quantitative estimate of drug-likeness (QED) is 0.378. The van der Waals surface area contributed by atoms with Crippen molar-refractivity contribution in [2.75, 3.05) is 13.1 Å². The molecule has 1 fully saturated rings. The molecular formula is C23H18F6N4. The second kappa shape index (κ2) is 8.02. The third kappa shape index (κ3) is 4.03. The molecule has 3 heterocycles. The van der Waals surface area contributed by atoms with Crippen molar-refractivity contribution in [1.82, 2.24) is 19.9 Å². The van der Waals surface area contributed by atoms with Crippen LogP contribution in [0.4, 0.5) is 26.3 Å². The van der Waals surface area contributed by atoms with Crippen LogP contribution in [0.2, 0.25) is 0 Å². The fourth-order valence-corrected chi connectivity index (χ4v) is 4.65. The van der Waals surface area contributed by atoms with Crippen LogP contribution < -0.4 is 0 Å². The third-order valence-electron chi connectivity index (χ3n) is 6.18. The highest BCUT2D eigenvalue weighted by molar-refractivity contribution is 5.82. The summed E-state index contributed by atoms with van der Waals surface area (Å²) in [4.78, 5) is 11.9. The van der Waals surface area contributed by atoms with Crippen molar-refractivity contribution in [3.05, 3.63) is 71.4 Å². The number of nitrogens with zero attached hydrogens (tertiary/aromatic N) is 3. The predicted molar refractivity (Wildman–Crippen MR) is 110 cm³/mol. The summed E-state index contributed by atoms with van der Waals surface area (Å²) >= 11 is 0. The number of aromatic nitrogens is 3. The van der Waals surface area contributed by atoms with Gasteiger partial charge in [-0.05, 0) is 61.7 Å². The minimum atomic E-state index is -4.65. The van der Waals surface area contributed by atoms with E-state index in [-0.39, 0.29) is 30.0 Å². The number of pyridine rings is 1. The topological polar surface area (TPSA) is 44.8 Å². The van der Waals surface area contributed by atoms with Gasteiger partial charge in [-0.2, -0.15) is 13.2 Å². The average molecular weight is 464 g/mol. The molecule has 5 rings (SSSR count). The smallest absolute Gasteiger partial charge is 0.340 e. The highest BCUT2D eigenvalue weighted by Gasteiger charge is 2.47. The summed E-state index contributed by atoms with van der Waals surface area (Å²) in [6, 6.07) is 5.62. The maximum absolute atomic E-state index is 14.1. The minimum absolute atomic E-state index is 0.00156. The van der Waals surface area contributed by atoms with Crippen LogP contribution in [-0.2, 0) is 0 Å². The van der Waals surface area contributed by atoms with E-state index in [1.54, 1.807) is 18.3 Å². The van der Waals surface area contributed by atoms with E-state index in [2.05, 4.69) is 15.0 Å². The lowest BCUT2D eigenvalue weighted by Crippen LogP contribution is -2.43. The Balaban J connectivity index is 1.42. The van der Waals surface area contributed by atoms with Crippen LogP contribution in [0.3, 0.4) is 0 Å². The molecule has 1 unspecified atom stereocenters. The van der Waals surface area contributed by atoms with Crippen molar-refractivity contribution in [3.8, 4) is 0 Å². The number of imidazole rings is 1. The molecule has 1 aliphatic rings. The Bertz CT molecular complexity index is 1290. The van der Waals surface area contributed by atoms with Crippen molar-refractivity contribution in [2.45, 2.75) is 31.0 Å². The number of hydrogen-bond donors (Lipinski definition) is 1. The van der Waals surface area contributed by atoms with Gasteiger partial charge in [-0.3, -0.25) is 9.88 Å². The van der Waals surface area contributed by atoms with Gasteiger partial charge in [0.15, 0.2) is 17.7 Å². The van der Waals surface area contributed by atoms with Gasteiger partial charge >= 0.3 is 6.18 Å². The molecule has 1 N–H and O–H groups in total. The summed E-state index contributed by atoms with van der Waals surface area (Å²) < 4.78 is 82.9. The van der Waals surface area contributed by atoms with Gasteiger partial charge in [-0.15, -0.1) is 0 Å². The standard InChI is InChI=1S/C23H18F6N4/c24-13-1-2-18-15(9-13)14(3-6-30-18)12-4-7-33(8-5-12)21(23(27,28)29)22-31-19-10-16(25)17(26)11-20(19)32-22/h1-3,6,9-12,21H,4-5,7-8H2,(H,31,32). The van der Waals surface area contributed by atoms with Crippen molar-refractivity contribution in [1.29, 1.82) is 0 Å². The van der Waals surface area contributed by atoms with E-state index in [1.165, 1.54) is 17.0 Å². The van der Waals surface area contributed by atoms with Crippen LogP contribution in [-0.4, -0.2) is 39.1 Å². The van der Waals surface area contributed by atoms with Crippen molar-refractivity contribution in [3.63, 3.8) is 0 Å². The maximum atomic E-state index is 14.1. The zero-order valence-electron chi connectivity index (χ0n) is 17.1. The molecule has 172 valence electrons. The molecule has 0 radical (unpaired) electrons. The van der Waals surface area contributed by atoms with Crippen molar-refractivity contribution >= 4 is 21.9 Å². The Kier molecular flexibility index (Phi) is 5.27. The third-order valence-corrected chi connectivity index (χ3v) is 6.18. The number of H-pyrrole nitrogens is 1. The van der Waals surface area contributed by atoms with E-state index in [1.807, 2.05) is 0 Å². The highest BCUT2D eigenvalue weighted by Crippen LogP contribution is 2.41. The molecule has 1 saturated heterocycles. The lowest BCUT2D eigenvalue weighted by Gasteiger charge is -2.37. The number of hydrogen-bond acceptors (Lipinski definition) is 3. The first-order valence-corrected chi connectivity index (χ1v) is 10.4. The fraction of sp³-hybridized carbons (Fsp3) is 0.304. The lowest BCUT2D eigenvalue weighted by atomic mass is 9.87. The fourth-order valence-electron chi connectivity index (χ4n) is 4.65. The molecule has 1 aliphatic heterocycles. The number of likely N-dealkylation sites (tertiary alicyclic amines) is 1. The van der Waals surface area contributed by atoms with E-state index in [9.17, 15) is 26.3 Å². The van der Waals surface area contributed by atoms with Gasteiger partial charge in [-0.1, -0.05) is 0 Å². The van der Waals surface area contributed by atoms with Crippen LogP contribution in [0.5, 0.6) is 0 Å². The Morgan fingerprint density at radius 1 is 0.939 bits per heavy atom. The van der Waals surface area contributed by atoms with Gasteiger partial charge in [0.05, 0.1) is 16.6 Å². The normalized spacial score (nSPS) is 17.2. The number of fused-ring (bicyclic) bond motifs is 2. The summed E-state index contributed by atoms with van der Waals surface area (Å²) in [6.07, 6.45) is -2.19. The largest absolute Gasteiger partial charge is 0.411 e.